The zero-order chi connectivity index (χ0) is 19.4. The Balaban J connectivity index is 1.65. The topological polar surface area (TPSA) is 128 Å². The molecule has 0 radical (unpaired) electrons. The van der Waals surface area contributed by atoms with Crippen molar-refractivity contribution in [1.29, 1.82) is 0 Å². The van der Waals surface area contributed by atoms with Crippen molar-refractivity contribution in [2.45, 2.75) is 50.0 Å². The second-order valence-electron chi connectivity index (χ2n) is 6.76. The van der Waals surface area contributed by atoms with Crippen LogP contribution in [0, 0.1) is 0 Å². The highest BCUT2D eigenvalue weighted by atomic mass is 32.1. The number of aliphatic hydroxyl groups is 2. The third-order valence-corrected chi connectivity index (χ3v) is 5.57. The normalized spacial score (nSPS) is 28.1. The summed E-state index contributed by atoms with van der Waals surface area (Å²) < 4.78 is 0. The van der Waals surface area contributed by atoms with Gasteiger partial charge in [0.2, 0.25) is 17.7 Å². The lowest BCUT2D eigenvalue weighted by atomic mass is 9.89. The molecule has 1 aliphatic carbocycles. The van der Waals surface area contributed by atoms with Gasteiger partial charge in [-0.05, 0) is 24.3 Å². The molecule has 0 bridgehead atoms. The van der Waals surface area contributed by atoms with Crippen molar-refractivity contribution >= 4 is 29.1 Å². The van der Waals surface area contributed by atoms with Gasteiger partial charge in [-0.3, -0.25) is 14.4 Å². The summed E-state index contributed by atoms with van der Waals surface area (Å²) in [5.74, 6) is -1.01. The molecule has 3 amide bonds. The molecule has 0 saturated carbocycles. The highest BCUT2D eigenvalue weighted by Gasteiger charge is 2.34. The predicted octanol–water partition coefficient (Wildman–Crippen LogP) is -0.778. The molecule has 2 heterocycles. The van der Waals surface area contributed by atoms with Gasteiger partial charge in [0.05, 0.1) is 18.6 Å². The molecule has 0 spiro atoms. The van der Waals surface area contributed by atoms with E-state index in [-0.39, 0.29) is 30.2 Å². The number of amides is 3. The molecule has 1 aromatic rings. The summed E-state index contributed by atoms with van der Waals surface area (Å²) in [7, 11) is 0. The number of nitrogens with one attached hydrogen (secondary N) is 3. The zero-order valence-electron chi connectivity index (χ0n) is 14.7. The Hall–Kier alpha value is -2.23. The smallest absolute Gasteiger partial charge is 0.247 e. The molecule has 3 rings (SSSR count). The maximum absolute atomic E-state index is 12.5. The van der Waals surface area contributed by atoms with E-state index in [1.54, 1.807) is 0 Å². The van der Waals surface area contributed by atoms with Crippen LogP contribution in [-0.4, -0.2) is 58.8 Å². The van der Waals surface area contributed by atoms with Crippen LogP contribution in [0.1, 0.15) is 24.1 Å². The summed E-state index contributed by atoms with van der Waals surface area (Å²) in [6, 6.07) is 2.20. The molecule has 5 N–H and O–H groups in total. The average Bonchev–Trinajstić information content (AvgIpc) is 3.13. The Morgan fingerprint density at radius 2 is 2.11 bits per heavy atom. The van der Waals surface area contributed by atoms with E-state index in [1.807, 2.05) is 17.5 Å². The Labute approximate surface area is 160 Å². The van der Waals surface area contributed by atoms with Gasteiger partial charge in [-0.1, -0.05) is 12.1 Å². The average molecular weight is 393 g/mol. The van der Waals surface area contributed by atoms with E-state index in [1.165, 1.54) is 17.4 Å². The van der Waals surface area contributed by atoms with Crippen molar-refractivity contribution in [3.8, 4) is 0 Å². The molecular formula is C18H23N3O5S. The maximum Gasteiger partial charge on any atom is 0.247 e. The van der Waals surface area contributed by atoms with Crippen molar-refractivity contribution in [3.63, 3.8) is 0 Å². The SMILES string of the molecule is O=C(Cc1cccs1)NC1C=C(C(=O)NC2CCCNC2=O)CC(O)C1O. The van der Waals surface area contributed by atoms with Gasteiger partial charge in [0.1, 0.15) is 12.1 Å². The van der Waals surface area contributed by atoms with E-state index in [2.05, 4.69) is 16.0 Å². The highest BCUT2D eigenvalue weighted by molar-refractivity contribution is 7.10. The second-order valence-corrected chi connectivity index (χ2v) is 7.79. The van der Waals surface area contributed by atoms with Gasteiger partial charge in [-0.25, -0.2) is 0 Å². The van der Waals surface area contributed by atoms with Gasteiger partial charge in [-0.15, -0.1) is 11.3 Å². The summed E-state index contributed by atoms with van der Waals surface area (Å²) in [5, 5.41) is 30.1. The molecule has 1 saturated heterocycles. The van der Waals surface area contributed by atoms with Crippen LogP contribution in [0.25, 0.3) is 0 Å². The number of carbonyl (C=O) groups excluding carboxylic acids is 3. The fourth-order valence-corrected chi connectivity index (χ4v) is 3.94. The van der Waals surface area contributed by atoms with Crippen LogP contribution in [0.3, 0.4) is 0 Å². The van der Waals surface area contributed by atoms with Crippen LogP contribution < -0.4 is 16.0 Å². The monoisotopic (exact) mass is 393 g/mol. The largest absolute Gasteiger partial charge is 0.390 e. The molecule has 8 nitrogen and oxygen atoms in total. The number of rotatable bonds is 5. The van der Waals surface area contributed by atoms with Crippen LogP contribution >= 0.6 is 11.3 Å². The molecule has 146 valence electrons. The van der Waals surface area contributed by atoms with Crippen LogP contribution in [0.5, 0.6) is 0 Å². The molecule has 1 fully saturated rings. The second kappa shape index (κ2) is 8.64. The van der Waals surface area contributed by atoms with Gasteiger partial charge < -0.3 is 26.2 Å². The van der Waals surface area contributed by atoms with Crippen molar-refractivity contribution < 1.29 is 24.6 Å². The molecule has 2 aliphatic rings. The minimum atomic E-state index is -1.20. The van der Waals surface area contributed by atoms with Crippen LogP contribution in [0.15, 0.2) is 29.2 Å². The molecule has 1 aliphatic heterocycles. The quantitative estimate of drug-likeness (QED) is 0.449. The molecule has 1 aromatic heterocycles. The lowest BCUT2D eigenvalue weighted by Gasteiger charge is -2.31. The standard InChI is InChI=1S/C18H23N3O5S/c22-14-8-10(17(25)21-12-4-1-5-19-18(12)26)7-13(16(14)24)20-15(23)9-11-3-2-6-27-11/h2-3,6-7,12-14,16,22,24H,1,4-5,8-9H2,(H,19,26)(H,20,23)(H,21,25). The lowest BCUT2D eigenvalue weighted by molar-refractivity contribution is -0.129. The summed E-state index contributed by atoms with van der Waals surface area (Å²) in [6.07, 6.45) is 0.525. The van der Waals surface area contributed by atoms with Crippen molar-refractivity contribution in [1.82, 2.24) is 16.0 Å². The summed E-state index contributed by atoms with van der Waals surface area (Å²) in [6.45, 7) is 0.594. The number of piperidine rings is 1. The van der Waals surface area contributed by atoms with Crippen LogP contribution in [-0.2, 0) is 20.8 Å². The van der Waals surface area contributed by atoms with E-state index in [0.717, 1.165) is 11.3 Å². The first-order valence-corrected chi connectivity index (χ1v) is 9.79. The van der Waals surface area contributed by atoms with E-state index >= 15 is 0 Å². The van der Waals surface area contributed by atoms with Crippen molar-refractivity contribution in [2.75, 3.05) is 6.54 Å². The Morgan fingerprint density at radius 1 is 1.30 bits per heavy atom. The third kappa shape index (κ3) is 4.94. The number of thiophene rings is 1. The first-order chi connectivity index (χ1) is 12.9. The number of hydrogen-bond donors (Lipinski definition) is 5. The van der Waals surface area contributed by atoms with Gasteiger partial charge in [0.25, 0.3) is 0 Å². The first kappa shape index (κ1) is 19.5. The summed E-state index contributed by atoms with van der Waals surface area (Å²) >= 11 is 1.45. The minimum absolute atomic E-state index is 0.0430. The highest BCUT2D eigenvalue weighted by Crippen LogP contribution is 2.21. The van der Waals surface area contributed by atoms with Gasteiger partial charge in [0, 0.05) is 23.4 Å². The Morgan fingerprint density at radius 3 is 2.81 bits per heavy atom. The van der Waals surface area contributed by atoms with Gasteiger partial charge in [0.15, 0.2) is 0 Å². The first-order valence-electron chi connectivity index (χ1n) is 8.91. The lowest BCUT2D eigenvalue weighted by Crippen LogP contribution is -2.53. The number of carbonyl (C=O) groups is 3. The van der Waals surface area contributed by atoms with Gasteiger partial charge >= 0.3 is 0 Å². The zero-order valence-corrected chi connectivity index (χ0v) is 15.5. The van der Waals surface area contributed by atoms with Crippen molar-refractivity contribution in [2.24, 2.45) is 0 Å². The molecule has 4 unspecified atom stereocenters. The molecule has 0 aromatic carbocycles. The van der Waals surface area contributed by atoms with Crippen molar-refractivity contribution in [3.05, 3.63) is 34.0 Å². The van der Waals surface area contributed by atoms with Crippen LogP contribution in [0.2, 0.25) is 0 Å². The van der Waals surface area contributed by atoms with Gasteiger partial charge in [-0.2, -0.15) is 0 Å². The van der Waals surface area contributed by atoms with E-state index in [0.29, 0.717) is 13.0 Å². The number of aliphatic hydroxyl groups excluding tert-OH is 2. The summed E-state index contributed by atoms with van der Waals surface area (Å²) in [4.78, 5) is 37.4. The minimum Gasteiger partial charge on any atom is -0.390 e. The molecule has 4 atom stereocenters. The Kier molecular flexibility index (Phi) is 6.25. The van der Waals surface area contributed by atoms with E-state index in [4.69, 9.17) is 0 Å². The summed E-state index contributed by atoms with van der Waals surface area (Å²) in [5.41, 5.74) is 0.243. The molecule has 27 heavy (non-hydrogen) atoms. The molecule has 9 heteroatoms. The maximum atomic E-state index is 12.5. The number of hydrogen-bond acceptors (Lipinski definition) is 6. The fraction of sp³-hybridized carbons (Fsp3) is 0.500. The van der Waals surface area contributed by atoms with E-state index < -0.39 is 30.2 Å². The third-order valence-electron chi connectivity index (χ3n) is 4.70. The predicted molar refractivity (Wildman–Crippen MR) is 98.8 cm³/mol. The Bertz CT molecular complexity index is 733. The van der Waals surface area contributed by atoms with Crippen LogP contribution in [0.4, 0.5) is 0 Å². The van der Waals surface area contributed by atoms with E-state index in [9.17, 15) is 24.6 Å². The molecular weight excluding hydrogens is 370 g/mol. The fourth-order valence-electron chi connectivity index (χ4n) is 3.23.